The van der Waals surface area contributed by atoms with Crippen LogP contribution in [0.1, 0.15) is 63.8 Å². The van der Waals surface area contributed by atoms with Gasteiger partial charge in [0.1, 0.15) is 35.4 Å². The molecule has 0 aromatic heterocycles. The lowest BCUT2D eigenvalue weighted by molar-refractivity contribution is 0.590. The van der Waals surface area contributed by atoms with Gasteiger partial charge in [0.05, 0.1) is 45.3 Å². The van der Waals surface area contributed by atoms with Gasteiger partial charge in [0.15, 0.2) is 0 Å². The molecule has 148 heavy (non-hydrogen) atoms. The molecule has 0 unspecified atom stereocenters. The van der Waals surface area contributed by atoms with Crippen LogP contribution in [0.4, 0.5) is 85.8 Å². The third kappa shape index (κ3) is 18.0. The number of nitriles is 2. The van der Waals surface area contributed by atoms with Crippen LogP contribution in [0, 0.1) is 45.9 Å². The molecule has 24 aromatic rings. The molecule has 0 saturated carbocycles. The van der Waals surface area contributed by atoms with Gasteiger partial charge < -0.3 is 19.6 Å². The van der Waals surface area contributed by atoms with Gasteiger partial charge in [-0.2, -0.15) is 10.5 Å². The summed E-state index contributed by atoms with van der Waals surface area (Å²) in [7, 11) is 0. The summed E-state index contributed by atoms with van der Waals surface area (Å²) in [6.45, 7) is 13.5. The van der Waals surface area contributed by atoms with E-state index in [0.717, 1.165) is 200 Å². The smallest absolute Gasteiger partial charge is 0.123 e. The lowest BCUT2D eigenvalue weighted by Crippen LogP contribution is -2.14. The molecule has 0 atom stereocenters. The highest BCUT2D eigenvalue weighted by Gasteiger charge is 2.30. The van der Waals surface area contributed by atoms with Crippen molar-refractivity contribution in [3.8, 4) is 101 Å². The van der Waals surface area contributed by atoms with Crippen LogP contribution >= 0.6 is 0 Å². The zero-order valence-corrected chi connectivity index (χ0v) is 82.4. The summed E-state index contributed by atoms with van der Waals surface area (Å²) in [5, 5.41) is 34.4. The van der Waals surface area contributed by atoms with Crippen molar-refractivity contribution in [2.75, 3.05) is 19.6 Å². The van der Waals surface area contributed by atoms with Gasteiger partial charge in [0.2, 0.25) is 0 Å². The van der Waals surface area contributed by atoms with Crippen molar-refractivity contribution in [1.82, 2.24) is 0 Å². The van der Waals surface area contributed by atoms with Crippen LogP contribution in [0.5, 0.6) is 0 Å². The van der Waals surface area contributed by atoms with Crippen molar-refractivity contribution in [3.63, 3.8) is 0 Å². The van der Waals surface area contributed by atoms with Gasteiger partial charge in [-0.15, -0.1) is 0 Å². The largest absolute Gasteiger partial charge is 0.310 e. The maximum Gasteiger partial charge on any atom is 0.123 e. The Bertz CT molecular complexity index is 8660. The Balaban J connectivity index is 0.000000163. The standard InChI is InChI=1S/C72H58F2N2.C66H40F2N4/c1-71(2,3)57-25-33-61(34-26-57)75(63-43-53(47-13-9-7-10-14-47)41-55(45-63)49-17-29-59(73)30-18-49)67-39-23-51-22-38-66-68(40-24-52-21-37-65(67)69(51)70(52)66)76(62-35-27-58(28-36-62)72(4,5)6)64-44-54(48-15-11-8-12-16-48)42-56(46-64)50-19-31-60(74)32-20-50;67-55-27-19-45(20-28-55)53-35-51(43-11-3-1-4-12-43)37-57(39-53)71(61-17-9-7-15-49(61)41-69)63-33-25-47-24-32-60-64(34-26-48-23-31-59(63)65(47)66(48)60)72(62-18-10-8-16-50(62)42-70)58-38-52(44-13-5-2-6-14-44)36-54(40-58)46-21-29-56(68)30-22-46/h7-46H,1-6H3;1-40H. The number of hydrogen-bond donors (Lipinski definition) is 0. The third-order valence-corrected chi connectivity index (χ3v) is 28.6. The molecule has 0 aliphatic rings. The quantitative estimate of drug-likeness (QED) is 0.0560. The van der Waals surface area contributed by atoms with E-state index < -0.39 is 0 Å². The number of para-hydroxylation sites is 2. The molecule has 0 radical (unpaired) electrons. The van der Waals surface area contributed by atoms with Gasteiger partial charge >= 0.3 is 0 Å². The van der Waals surface area contributed by atoms with Crippen LogP contribution < -0.4 is 19.6 Å². The minimum Gasteiger partial charge on any atom is -0.310 e. The summed E-state index contributed by atoms with van der Waals surface area (Å²) in [4.78, 5) is 9.14. The molecule has 24 rings (SSSR count). The Morgan fingerprint density at radius 3 is 0.608 bits per heavy atom. The molecule has 24 aromatic carbocycles. The Labute approximate surface area is 859 Å². The predicted octanol–water partition coefficient (Wildman–Crippen LogP) is 39.3. The van der Waals surface area contributed by atoms with E-state index in [9.17, 15) is 28.1 Å². The molecule has 6 nitrogen and oxygen atoms in total. The third-order valence-electron chi connectivity index (χ3n) is 28.6. The SMILES string of the molecule is CC(C)(C)c1ccc(N(c2cc(-c3ccccc3)cc(-c3ccc(F)cc3)c2)c2ccc3ccc4c(N(c5ccc(C(C)(C)C)cc5)c5cc(-c6ccccc6)cc(-c6ccc(F)cc6)c5)ccc5ccc2c3c54)cc1.N#Cc1ccccc1N(c1cc(-c2ccccc2)cc(-c2ccc(F)cc2)c1)c1ccc2ccc3c(N(c4cc(-c5ccccc5)cc(-c5ccc(F)cc5)c4)c4ccccc4C#N)ccc4ccc1c2c43. The molecule has 0 fully saturated rings. The minimum atomic E-state index is -0.313. The number of hydrogen-bond acceptors (Lipinski definition) is 6. The van der Waals surface area contributed by atoms with Crippen LogP contribution in [0.3, 0.4) is 0 Å². The van der Waals surface area contributed by atoms with Crippen LogP contribution in [-0.4, -0.2) is 0 Å². The fourth-order valence-corrected chi connectivity index (χ4v) is 21.1. The maximum atomic E-state index is 14.5. The van der Waals surface area contributed by atoms with Crippen molar-refractivity contribution in [2.24, 2.45) is 0 Å². The van der Waals surface area contributed by atoms with Crippen LogP contribution in [0.25, 0.3) is 154 Å². The van der Waals surface area contributed by atoms with Crippen LogP contribution in [-0.2, 0) is 10.8 Å². The van der Waals surface area contributed by atoms with Crippen molar-refractivity contribution in [3.05, 3.63) is 531 Å². The van der Waals surface area contributed by atoms with Gasteiger partial charge in [-0.25, -0.2) is 17.6 Å². The van der Waals surface area contributed by atoms with Gasteiger partial charge in [-0.1, -0.05) is 333 Å². The molecular weight excluding hydrogens is 1820 g/mol. The van der Waals surface area contributed by atoms with E-state index in [-0.39, 0.29) is 34.1 Å². The molecule has 0 bridgehead atoms. The van der Waals surface area contributed by atoms with E-state index in [2.05, 4.69) is 364 Å². The summed E-state index contributed by atoms with van der Waals surface area (Å²) in [6, 6.07) is 168. The van der Waals surface area contributed by atoms with E-state index in [1.165, 1.54) is 70.4 Å². The number of nitrogens with zero attached hydrogens (tertiary/aromatic N) is 6. The van der Waals surface area contributed by atoms with Crippen molar-refractivity contribution in [2.45, 2.75) is 52.4 Å². The van der Waals surface area contributed by atoms with Crippen molar-refractivity contribution < 1.29 is 17.6 Å². The zero-order valence-electron chi connectivity index (χ0n) is 82.4. The van der Waals surface area contributed by atoms with E-state index in [1.807, 2.05) is 121 Å². The fourth-order valence-electron chi connectivity index (χ4n) is 21.1. The number of rotatable bonds is 20. The minimum absolute atomic E-state index is 0.0368. The first-order chi connectivity index (χ1) is 72.1. The predicted molar refractivity (Wildman–Crippen MR) is 609 cm³/mol. The van der Waals surface area contributed by atoms with Gasteiger partial charge in [0.25, 0.3) is 0 Å². The summed E-state index contributed by atoms with van der Waals surface area (Å²) in [5.74, 6) is -1.16. The van der Waals surface area contributed by atoms with E-state index in [0.29, 0.717) is 22.5 Å². The highest BCUT2D eigenvalue weighted by atomic mass is 19.1. The molecule has 0 amide bonds. The number of halogens is 4. The highest BCUT2D eigenvalue weighted by molar-refractivity contribution is 6.30. The second-order valence-electron chi connectivity index (χ2n) is 39.9. The number of anilines is 12. The Hall–Kier alpha value is -18.7. The Morgan fingerprint density at radius 1 is 0.176 bits per heavy atom. The second-order valence-corrected chi connectivity index (χ2v) is 39.9. The van der Waals surface area contributed by atoms with E-state index >= 15 is 0 Å². The Morgan fingerprint density at radius 2 is 0.378 bits per heavy atom. The summed E-state index contributed by atoms with van der Waals surface area (Å²) < 4.78 is 57.7. The van der Waals surface area contributed by atoms with E-state index in [4.69, 9.17) is 0 Å². The van der Waals surface area contributed by atoms with Crippen molar-refractivity contribution in [1.29, 1.82) is 10.5 Å². The summed E-state index contributed by atoms with van der Waals surface area (Å²) in [5.41, 5.74) is 30.0. The first-order valence-corrected chi connectivity index (χ1v) is 49.8. The monoisotopic (exact) mass is 1910 g/mol. The van der Waals surface area contributed by atoms with Crippen LogP contribution in [0.2, 0.25) is 0 Å². The molecule has 0 spiro atoms. The highest BCUT2D eigenvalue weighted by Crippen LogP contribution is 2.55. The topological polar surface area (TPSA) is 60.5 Å². The molecule has 0 saturated heterocycles. The maximum absolute atomic E-state index is 14.5. The van der Waals surface area contributed by atoms with Crippen LogP contribution in [0.15, 0.2) is 485 Å². The molecule has 10 heteroatoms. The number of benzene rings is 24. The molecule has 0 heterocycles. The van der Waals surface area contributed by atoms with Gasteiger partial charge in [-0.05, 0) is 348 Å². The lowest BCUT2D eigenvalue weighted by Gasteiger charge is -2.31. The molecule has 708 valence electrons. The normalized spacial score (nSPS) is 11.6. The van der Waals surface area contributed by atoms with Crippen molar-refractivity contribution >= 4 is 133 Å². The molecule has 0 aliphatic carbocycles. The lowest BCUT2D eigenvalue weighted by atomic mass is 9.87. The fraction of sp³-hybridized carbons (Fsp3) is 0.0580. The molecule has 0 aliphatic heterocycles. The van der Waals surface area contributed by atoms with Gasteiger partial charge in [-0.3, -0.25) is 0 Å². The first-order valence-electron chi connectivity index (χ1n) is 49.8. The van der Waals surface area contributed by atoms with E-state index in [1.54, 1.807) is 24.3 Å². The summed E-state index contributed by atoms with van der Waals surface area (Å²) >= 11 is 0. The average molecular weight is 1920 g/mol. The molecular formula is C138H98F4N6. The average Bonchev–Trinajstić information content (AvgIpc) is 0.720. The second kappa shape index (κ2) is 38.8. The molecule has 0 N–H and O–H groups in total. The summed E-state index contributed by atoms with van der Waals surface area (Å²) in [6.07, 6.45) is 0. The zero-order chi connectivity index (χ0) is 101. The first kappa shape index (κ1) is 92.9. The van der Waals surface area contributed by atoms with Gasteiger partial charge in [0, 0.05) is 55.7 Å². The Kier molecular flexibility index (Phi) is 24.4.